The molecule has 0 spiro atoms. The van der Waals surface area contributed by atoms with E-state index in [9.17, 15) is 9.90 Å². The van der Waals surface area contributed by atoms with E-state index >= 15 is 0 Å². The number of carbonyl (C=O) groups is 1. The van der Waals surface area contributed by atoms with Gasteiger partial charge in [0.05, 0.1) is 12.7 Å². The van der Waals surface area contributed by atoms with E-state index in [1.807, 2.05) is 19.1 Å². The lowest BCUT2D eigenvalue weighted by atomic mass is 9.95. The number of furan rings is 1. The number of carbonyl (C=O) groups excluding carboxylic acids is 1. The summed E-state index contributed by atoms with van der Waals surface area (Å²) in [5.41, 5.74) is 0.552. The summed E-state index contributed by atoms with van der Waals surface area (Å²) in [6, 6.07) is 5.49. The Morgan fingerprint density at radius 3 is 3.04 bits per heavy atom. The van der Waals surface area contributed by atoms with Crippen LogP contribution < -0.4 is 15.4 Å². The molecule has 6 heteroatoms. The van der Waals surface area contributed by atoms with Crippen LogP contribution in [-0.4, -0.2) is 43.4 Å². The molecule has 2 aromatic rings. The number of fused-ring (bicyclic) bond motifs is 1. The number of aliphatic hydroxyl groups is 1. The van der Waals surface area contributed by atoms with Gasteiger partial charge < -0.3 is 24.9 Å². The molecule has 6 nitrogen and oxygen atoms in total. The van der Waals surface area contributed by atoms with E-state index < -0.39 is 5.60 Å². The number of aryl methyl sites for hydroxylation is 1. The van der Waals surface area contributed by atoms with Crippen molar-refractivity contribution in [2.75, 3.05) is 26.7 Å². The summed E-state index contributed by atoms with van der Waals surface area (Å²) < 4.78 is 10.9. The van der Waals surface area contributed by atoms with Crippen LogP contribution in [0.3, 0.4) is 0 Å². The predicted octanol–water partition coefficient (Wildman–Crippen LogP) is 1.98. The quantitative estimate of drug-likeness (QED) is 0.797. The molecule has 3 rings (SSSR count). The smallest absolute Gasteiger partial charge is 0.287 e. The first-order valence-electron chi connectivity index (χ1n) is 8.31. The van der Waals surface area contributed by atoms with Crippen LogP contribution in [0.2, 0.25) is 0 Å². The Labute approximate surface area is 141 Å². The first kappa shape index (κ1) is 16.8. The van der Waals surface area contributed by atoms with Gasteiger partial charge in [0.25, 0.3) is 5.91 Å². The zero-order valence-electron chi connectivity index (χ0n) is 14.1. The Morgan fingerprint density at radius 2 is 2.25 bits per heavy atom. The highest BCUT2D eigenvalue weighted by Gasteiger charge is 2.29. The van der Waals surface area contributed by atoms with Crippen molar-refractivity contribution in [1.82, 2.24) is 10.6 Å². The molecule has 2 heterocycles. The summed E-state index contributed by atoms with van der Waals surface area (Å²) in [4.78, 5) is 12.5. The second kappa shape index (κ2) is 6.83. The zero-order chi connectivity index (χ0) is 17.2. The van der Waals surface area contributed by atoms with Gasteiger partial charge in [-0.05, 0) is 51.4 Å². The first-order chi connectivity index (χ1) is 11.5. The predicted molar refractivity (Wildman–Crippen MR) is 91.5 cm³/mol. The van der Waals surface area contributed by atoms with Crippen molar-refractivity contribution in [3.63, 3.8) is 0 Å². The summed E-state index contributed by atoms with van der Waals surface area (Å²) in [5.74, 6) is 0.672. The number of hydrogen-bond acceptors (Lipinski definition) is 5. The molecule has 1 saturated heterocycles. The Morgan fingerprint density at radius 1 is 1.42 bits per heavy atom. The molecular formula is C18H24N2O4. The van der Waals surface area contributed by atoms with E-state index in [0.717, 1.165) is 30.5 Å². The third-order valence-corrected chi connectivity index (χ3v) is 4.69. The lowest BCUT2D eigenvalue weighted by molar-refractivity contribution is 0.0272. The van der Waals surface area contributed by atoms with E-state index in [1.54, 1.807) is 13.2 Å². The zero-order valence-corrected chi connectivity index (χ0v) is 14.1. The molecule has 1 aliphatic heterocycles. The molecule has 24 heavy (non-hydrogen) atoms. The van der Waals surface area contributed by atoms with Gasteiger partial charge in [-0.15, -0.1) is 0 Å². The molecule has 1 aromatic heterocycles. The molecule has 1 atom stereocenters. The molecule has 130 valence electrons. The number of methoxy groups -OCH3 is 1. The van der Waals surface area contributed by atoms with Crippen molar-refractivity contribution in [3.05, 3.63) is 29.5 Å². The lowest BCUT2D eigenvalue weighted by Gasteiger charge is -2.26. The van der Waals surface area contributed by atoms with Gasteiger partial charge >= 0.3 is 0 Å². The van der Waals surface area contributed by atoms with Crippen molar-refractivity contribution in [3.8, 4) is 5.75 Å². The normalized spacial score (nSPS) is 21.5. The second-order valence-corrected chi connectivity index (χ2v) is 6.43. The molecule has 1 amide bonds. The van der Waals surface area contributed by atoms with E-state index in [0.29, 0.717) is 24.2 Å². The monoisotopic (exact) mass is 332 g/mol. The number of amides is 1. The van der Waals surface area contributed by atoms with Gasteiger partial charge in [-0.25, -0.2) is 0 Å². The fourth-order valence-electron chi connectivity index (χ4n) is 3.16. The fourth-order valence-corrected chi connectivity index (χ4v) is 3.16. The lowest BCUT2D eigenvalue weighted by Crippen LogP contribution is -2.43. The average molecular weight is 332 g/mol. The highest BCUT2D eigenvalue weighted by Crippen LogP contribution is 2.28. The van der Waals surface area contributed by atoms with E-state index in [1.165, 1.54) is 0 Å². The van der Waals surface area contributed by atoms with Gasteiger partial charge in [-0.1, -0.05) is 0 Å². The van der Waals surface area contributed by atoms with Gasteiger partial charge in [0.15, 0.2) is 5.76 Å². The third kappa shape index (κ3) is 3.39. The van der Waals surface area contributed by atoms with E-state index in [4.69, 9.17) is 9.15 Å². The fraction of sp³-hybridized carbons (Fsp3) is 0.500. The van der Waals surface area contributed by atoms with Crippen molar-refractivity contribution < 1.29 is 19.1 Å². The van der Waals surface area contributed by atoms with Crippen LogP contribution in [0.15, 0.2) is 22.6 Å². The minimum absolute atomic E-state index is 0.229. The Bertz CT molecular complexity index is 730. The van der Waals surface area contributed by atoms with E-state index in [2.05, 4.69) is 10.6 Å². The van der Waals surface area contributed by atoms with Crippen LogP contribution in [-0.2, 0) is 0 Å². The van der Waals surface area contributed by atoms with Gasteiger partial charge in [-0.3, -0.25) is 4.79 Å². The summed E-state index contributed by atoms with van der Waals surface area (Å²) in [6.07, 6.45) is 2.20. The van der Waals surface area contributed by atoms with E-state index in [-0.39, 0.29) is 18.2 Å². The van der Waals surface area contributed by atoms with Crippen molar-refractivity contribution >= 4 is 16.9 Å². The van der Waals surface area contributed by atoms with Gasteiger partial charge in [0.2, 0.25) is 0 Å². The van der Waals surface area contributed by atoms with Gasteiger partial charge in [0, 0.05) is 23.6 Å². The van der Waals surface area contributed by atoms with Crippen LogP contribution >= 0.6 is 0 Å². The minimum atomic E-state index is -0.859. The Balaban J connectivity index is 1.75. The second-order valence-electron chi connectivity index (χ2n) is 6.43. The summed E-state index contributed by atoms with van der Waals surface area (Å²) in [7, 11) is 1.59. The standard InChI is InChI=1S/C18H24N2O4/c1-12-14-5-4-13(23-2)10-15(14)24-16(12)17(21)20-11-18(22)6-3-8-19-9-7-18/h4-5,10,19,22H,3,6-9,11H2,1-2H3,(H,20,21)/t18-/m0/s1. The van der Waals surface area contributed by atoms with Crippen LogP contribution in [0.5, 0.6) is 5.75 Å². The molecular weight excluding hydrogens is 308 g/mol. The van der Waals surface area contributed by atoms with Gasteiger partial charge in [-0.2, -0.15) is 0 Å². The topological polar surface area (TPSA) is 83.7 Å². The summed E-state index contributed by atoms with van der Waals surface area (Å²) in [5, 5.41) is 17.6. The highest BCUT2D eigenvalue weighted by molar-refractivity contribution is 5.99. The molecule has 0 bridgehead atoms. The third-order valence-electron chi connectivity index (χ3n) is 4.69. The van der Waals surface area contributed by atoms with Crippen molar-refractivity contribution in [2.24, 2.45) is 0 Å². The van der Waals surface area contributed by atoms with Crippen LogP contribution in [0.4, 0.5) is 0 Å². The Hall–Kier alpha value is -2.05. The number of benzene rings is 1. The maximum Gasteiger partial charge on any atom is 0.287 e. The molecule has 0 saturated carbocycles. The minimum Gasteiger partial charge on any atom is -0.497 e. The van der Waals surface area contributed by atoms with Crippen LogP contribution in [0.25, 0.3) is 11.0 Å². The average Bonchev–Trinajstić information content (AvgIpc) is 2.76. The van der Waals surface area contributed by atoms with Crippen LogP contribution in [0.1, 0.15) is 35.4 Å². The highest BCUT2D eigenvalue weighted by atomic mass is 16.5. The molecule has 1 aromatic carbocycles. The molecule has 1 aliphatic rings. The number of rotatable bonds is 4. The SMILES string of the molecule is COc1ccc2c(C)c(C(=O)NC[C@]3(O)CCCNCC3)oc2c1. The maximum absolute atomic E-state index is 12.5. The molecule has 0 radical (unpaired) electrons. The van der Waals surface area contributed by atoms with Crippen molar-refractivity contribution in [2.45, 2.75) is 31.8 Å². The number of nitrogens with one attached hydrogen (secondary N) is 2. The summed E-state index contributed by atoms with van der Waals surface area (Å²) in [6.45, 7) is 3.75. The number of hydrogen-bond donors (Lipinski definition) is 3. The largest absolute Gasteiger partial charge is 0.497 e. The molecule has 0 unspecified atom stereocenters. The summed E-state index contributed by atoms with van der Waals surface area (Å²) >= 11 is 0. The van der Waals surface area contributed by atoms with Crippen molar-refractivity contribution in [1.29, 1.82) is 0 Å². The maximum atomic E-state index is 12.5. The Kier molecular flexibility index (Phi) is 4.78. The first-order valence-corrected chi connectivity index (χ1v) is 8.31. The van der Waals surface area contributed by atoms with Gasteiger partial charge in [0.1, 0.15) is 11.3 Å². The molecule has 3 N–H and O–H groups in total. The molecule has 0 aliphatic carbocycles. The molecule has 1 fully saturated rings. The van der Waals surface area contributed by atoms with Crippen LogP contribution in [0, 0.1) is 6.92 Å². The number of ether oxygens (including phenoxy) is 1.